The zero-order chi connectivity index (χ0) is 15.1. The highest BCUT2D eigenvalue weighted by atomic mass is 16.5. The number of ether oxygens (including phenoxy) is 1. The van der Waals surface area contributed by atoms with Gasteiger partial charge in [0.1, 0.15) is 5.75 Å². The minimum atomic E-state index is 0.0656. The molecule has 0 aliphatic rings. The molecule has 0 aliphatic heterocycles. The number of hydrogen-bond donors (Lipinski definition) is 3. The molecule has 0 spiro atoms. The maximum atomic E-state index is 9.07. The number of hydrogen-bond acceptors (Lipinski definition) is 4. The summed E-state index contributed by atoms with van der Waals surface area (Å²) >= 11 is 0. The van der Waals surface area contributed by atoms with Gasteiger partial charge < -0.3 is 20.9 Å². The first kappa shape index (κ1) is 16.4. The average molecular weight is 278 g/mol. The number of anilines is 2. The van der Waals surface area contributed by atoms with Gasteiger partial charge in [-0.15, -0.1) is 0 Å². The molecule has 0 saturated carbocycles. The summed E-state index contributed by atoms with van der Waals surface area (Å²) in [5.41, 5.74) is 11.2. The van der Waals surface area contributed by atoms with Gasteiger partial charge in [0.25, 0.3) is 0 Å². The van der Waals surface area contributed by atoms with Crippen molar-refractivity contribution in [1.82, 2.24) is 0 Å². The van der Waals surface area contributed by atoms with E-state index in [-0.39, 0.29) is 6.61 Å². The van der Waals surface area contributed by atoms with Gasteiger partial charge in [0, 0.05) is 17.8 Å². The van der Waals surface area contributed by atoms with E-state index in [1.165, 1.54) is 11.1 Å². The fourth-order valence-electron chi connectivity index (χ4n) is 2.34. The summed E-state index contributed by atoms with van der Waals surface area (Å²) in [5.74, 6) is 0.775. The highest BCUT2D eigenvalue weighted by Gasteiger charge is 2.16. The van der Waals surface area contributed by atoms with Crippen molar-refractivity contribution in [3.8, 4) is 5.75 Å². The smallest absolute Gasteiger partial charge is 0.143 e. The summed E-state index contributed by atoms with van der Waals surface area (Å²) in [6.07, 6.45) is 0.899. The van der Waals surface area contributed by atoms with Crippen LogP contribution in [0, 0.1) is 0 Å². The molecular weight excluding hydrogens is 252 g/mol. The molecule has 4 heteroatoms. The van der Waals surface area contributed by atoms with Crippen LogP contribution in [0.2, 0.25) is 0 Å². The predicted molar refractivity (Wildman–Crippen MR) is 86.2 cm³/mol. The number of rotatable bonds is 7. The van der Waals surface area contributed by atoms with Crippen LogP contribution in [0.4, 0.5) is 11.4 Å². The number of nitrogens with one attached hydrogen (secondary N) is 1. The van der Waals surface area contributed by atoms with E-state index in [4.69, 9.17) is 15.6 Å². The number of allylic oxidation sites excluding steroid dienone is 2. The third-order valence-corrected chi connectivity index (χ3v) is 3.17. The molecule has 0 atom stereocenters. The van der Waals surface area contributed by atoms with Crippen LogP contribution < -0.4 is 15.8 Å². The first-order valence-electron chi connectivity index (χ1n) is 7.13. The van der Waals surface area contributed by atoms with E-state index in [1.807, 2.05) is 19.1 Å². The van der Waals surface area contributed by atoms with Crippen molar-refractivity contribution in [2.45, 2.75) is 34.1 Å². The summed E-state index contributed by atoms with van der Waals surface area (Å²) in [6.45, 7) is 9.36. The third-order valence-electron chi connectivity index (χ3n) is 3.17. The Labute approximate surface area is 121 Å². The highest BCUT2D eigenvalue weighted by Crippen LogP contribution is 2.39. The second kappa shape index (κ2) is 7.80. The Morgan fingerprint density at radius 1 is 1.30 bits per heavy atom. The molecule has 0 aromatic heterocycles. The van der Waals surface area contributed by atoms with Crippen molar-refractivity contribution >= 4 is 16.9 Å². The van der Waals surface area contributed by atoms with Crippen LogP contribution in [0.25, 0.3) is 5.57 Å². The standard InChI is InChI=1S/C16H26N2O2/c1-5-12(11(3)4)15-13(17)7-8-14(20-6-2)16(15)18-9-10-19/h7-8,18-19H,5-6,9-10,17H2,1-4H3. The molecule has 1 aromatic rings. The lowest BCUT2D eigenvalue weighted by molar-refractivity contribution is 0.310. The molecule has 4 nitrogen and oxygen atoms in total. The van der Waals surface area contributed by atoms with Crippen molar-refractivity contribution in [2.24, 2.45) is 0 Å². The minimum Gasteiger partial charge on any atom is -0.492 e. The van der Waals surface area contributed by atoms with Crippen molar-refractivity contribution in [1.29, 1.82) is 0 Å². The molecule has 0 bridgehead atoms. The number of nitrogen functional groups attached to an aromatic ring is 1. The first-order valence-corrected chi connectivity index (χ1v) is 7.13. The normalized spacial score (nSPS) is 10.2. The number of nitrogens with two attached hydrogens (primary N) is 1. The fraction of sp³-hybridized carbons (Fsp3) is 0.500. The fourth-order valence-corrected chi connectivity index (χ4v) is 2.34. The third kappa shape index (κ3) is 3.67. The predicted octanol–water partition coefficient (Wildman–Crippen LogP) is 3.28. The van der Waals surface area contributed by atoms with Crippen molar-refractivity contribution in [3.63, 3.8) is 0 Å². The van der Waals surface area contributed by atoms with Gasteiger partial charge in [-0.2, -0.15) is 0 Å². The minimum absolute atomic E-state index is 0.0656. The Balaban J connectivity index is 3.45. The number of aliphatic hydroxyl groups excluding tert-OH is 1. The van der Waals surface area contributed by atoms with Gasteiger partial charge in [0.15, 0.2) is 0 Å². The molecule has 112 valence electrons. The second-order valence-electron chi connectivity index (χ2n) is 4.82. The molecule has 0 radical (unpaired) electrons. The second-order valence-corrected chi connectivity index (χ2v) is 4.82. The van der Waals surface area contributed by atoms with Gasteiger partial charge in [-0.1, -0.05) is 12.5 Å². The zero-order valence-corrected chi connectivity index (χ0v) is 12.9. The van der Waals surface area contributed by atoms with Crippen LogP contribution in [0.5, 0.6) is 5.75 Å². The summed E-state index contributed by atoms with van der Waals surface area (Å²) in [5, 5.41) is 12.3. The van der Waals surface area contributed by atoms with Gasteiger partial charge in [-0.3, -0.25) is 0 Å². The molecule has 0 amide bonds. The van der Waals surface area contributed by atoms with Gasteiger partial charge in [0.2, 0.25) is 0 Å². The zero-order valence-electron chi connectivity index (χ0n) is 12.9. The van der Waals surface area contributed by atoms with Crippen molar-refractivity contribution < 1.29 is 9.84 Å². The highest BCUT2D eigenvalue weighted by molar-refractivity contribution is 5.88. The Morgan fingerprint density at radius 3 is 2.50 bits per heavy atom. The van der Waals surface area contributed by atoms with E-state index in [2.05, 4.69) is 26.1 Å². The van der Waals surface area contributed by atoms with E-state index in [0.717, 1.165) is 29.1 Å². The van der Waals surface area contributed by atoms with Gasteiger partial charge in [-0.05, 0) is 44.9 Å². The summed E-state index contributed by atoms with van der Waals surface area (Å²) in [4.78, 5) is 0. The lowest BCUT2D eigenvalue weighted by Crippen LogP contribution is -2.11. The monoisotopic (exact) mass is 278 g/mol. The van der Waals surface area contributed by atoms with Crippen molar-refractivity contribution in [3.05, 3.63) is 23.3 Å². The lowest BCUT2D eigenvalue weighted by Gasteiger charge is -2.20. The van der Waals surface area contributed by atoms with Gasteiger partial charge in [0.05, 0.1) is 18.9 Å². The van der Waals surface area contributed by atoms with Crippen LogP contribution in [-0.2, 0) is 0 Å². The Bertz CT molecular complexity index is 478. The first-order chi connectivity index (χ1) is 9.56. The molecule has 0 saturated heterocycles. The number of benzene rings is 1. The van der Waals surface area contributed by atoms with Crippen LogP contribution >= 0.6 is 0 Å². The lowest BCUT2D eigenvalue weighted by atomic mass is 9.95. The quantitative estimate of drug-likeness (QED) is 0.670. The maximum absolute atomic E-state index is 9.07. The largest absolute Gasteiger partial charge is 0.492 e. The van der Waals surface area contributed by atoms with Gasteiger partial charge >= 0.3 is 0 Å². The van der Waals surface area contributed by atoms with E-state index in [1.54, 1.807) is 0 Å². The Morgan fingerprint density at radius 2 is 2.00 bits per heavy atom. The summed E-state index contributed by atoms with van der Waals surface area (Å²) in [7, 11) is 0. The van der Waals surface area contributed by atoms with E-state index in [9.17, 15) is 0 Å². The van der Waals surface area contributed by atoms with E-state index in [0.29, 0.717) is 13.2 Å². The van der Waals surface area contributed by atoms with Crippen LogP contribution in [-0.4, -0.2) is 24.9 Å². The molecule has 0 heterocycles. The molecule has 0 fully saturated rings. The Hall–Kier alpha value is -1.68. The SMILES string of the molecule is CCOc1ccc(N)c(C(CC)=C(C)C)c1NCCO. The molecule has 20 heavy (non-hydrogen) atoms. The van der Waals surface area contributed by atoms with Crippen molar-refractivity contribution in [2.75, 3.05) is 30.8 Å². The molecular formula is C16H26N2O2. The molecule has 4 N–H and O–H groups in total. The van der Waals surface area contributed by atoms with Gasteiger partial charge in [-0.25, -0.2) is 0 Å². The average Bonchev–Trinajstić information content (AvgIpc) is 2.41. The summed E-state index contributed by atoms with van der Waals surface area (Å²) < 4.78 is 5.68. The summed E-state index contributed by atoms with van der Waals surface area (Å²) in [6, 6.07) is 3.75. The topological polar surface area (TPSA) is 67.5 Å². The molecule has 1 aromatic carbocycles. The number of aliphatic hydroxyl groups is 1. The Kier molecular flexibility index (Phi) is 6.39. The van der Waals surface area contributed by atoms with Crippen LogP contribution in [0.1, 0.15) is 39.7 Å². The van der Waals surface area contributed by atoms with Crippen LogP contribution in [0.15, 0.2) is 17.7 Å². The molecule has 0 aliphatic carbocycles. The molecule has 1 rings (SSSR count). The van der Waals surface area contributed by atoms with E-state index >= 15 is 0 Å². The maximum Gasteiger partial charge on any atom is 0.143 e. The van der Waals surface area contributed by atoms with E-state index < -0.39 is 0 Å². The van der Waals surface area contributed by atoms with Crippen LogP contribution in [0.3, 0.4) is 0 Å². The molecule has 0 unspecified atom stereocenters.